The first kappa shape index (κ1) is 16.4. The number of fused-ring (bicyclic) bond motifs is 4. The van der Waals surface area contributed by atoms with Gasteiger partial charge in [-0.15, -0.1) is 33.3 Å². The number of benzene rings is 1. The molecule has 0 radical (unpaired) electrons. The fourth-order valence-electron chi connectivity index (χ4n) is 3.73. The second-order valence-electron chi connectivity index (χ2n) is 6.38. The molecule has 130 valence electrons. The number of hydrogen-bond acceptors (Lipinski definition) is 6. The van der Waals surface area contributed by atoms with Gasteiger partial charge in [0.2, 0.25) is 0 Å². The number of hydrogen-bond donors (Lipinski definition) is 0. The van der Waals surface area contributed by atoms with E-state index in [1.807, 2.05) is 18.4 Å². The lowest BCUT2D eigenvalue weighted by molar-refractivity contribution is 0.673. The molecular formula is C19H15ClN4S2. The SMILES string of the molecule is CSc1nnnc2c1sc1nc3c(c(-c4ccc(Cl)cc4)c12)CCCC3. The van der Waals surface area contributed by atoms with Crippen LogP contribution in [0.25, 0.3) is 31.6 Å². The minimum atomic E-state index is 0.747. The van der Waals surface area contributed by atoms with Crippen LogP contribution in [0, 0.1) is 0 Å². The van der Waals surface area contributed by atoms with Crippen molar-refractivity contribution in [3.63, 3.8) is 0 Å². The van der Waals surface area contributed by atoms with Gasteiger partial charge in [0, 0.05) is 16.1 Å². The summed E-state index contributed by atoms with van der Waals surface area (Å²) in [6.07, 6.45) is 6.52. The van der Waals surface area contributed by atoms with Crippen LogP contribution in [0.3, 0.4) is 0 Å². The predicted molar refractivity (Wildman–Crippen MR) is 109 cm³/mol. The summed E-state index contributed by atoms with van der Waals surface area (Å²) >= 11 is 9.41. The highest BCUT2D eigenvalue weighted by Gasteiger charge is 2.24. The van der Waals surface area contributed by atoms with Crippen LogP contribution in [0.15, 0.2) is 29.3 Å². The summed E-state index contributed by atoms with van der Waals surface area (Å²) in [6, 6.07) is 8.10. The number of nitrogens with zero attached hydrogens (tertiary/aromatic N) is 4. The molecule has 0 spiro atoms. The highest BCUT2D eigenvalue weighted by atomic mass is 35.5. The summed E-state index contributed by atoms with van der Waals surface area (Å²) in [5, 5.41) is 15.4. The van der Waals surface area contributed by atoms with Crippen molar-refractivity contribution >= 4 is 55.1 Å². The number of aryl methyl sites for hydroxylation is 1. The smallest absolute Gasteiger partial charge is 0.140 e. The maximum absolute atomic E-state index is 6.13. The van der Waals surface area contributed by atoms with Crippen LogP contribution < -0.4 is 0 Å². The number of aromatic nitrogens is 4. The molecule has 3 heterocycles. The van der Waals surface area contributed by atoms with Gasteiger partial charge >= 0.3 is 0 Å². The maximum Gasteiger partial charge on any atom is 0.140 e. The molecule has 0 atom stereocenters. The number of pyridine rings is 1. The van der Waals surface area contributed by atoms with Crippen molar-refractivity contribution in [1.29, 1.82) is 0 Å². The van der Waals surface area contributed by atoms with Crippen molar-refractivity contribution in [3.05, 3.63) is 40.5 Å². The van der Waals surface area contributed by atoms with Crippen molar-refractivity contribution in [2.75, 3.05) is 6.26 Å². The summed E-state index contributed by atoms with van der Waals surface area (Å²) in [6.45, 7) is 0. The zero-order valence-corrected chi connectivity index (χ0v) is 16.5. The largest absolute Gasteiger partial charge is 0.242 e. The van der Waals surface area contributed by atoms with E-state index in [0.29, 0.717) is 0 Å². The van der Waals surface area contributed by atoms with E-state index in [1.165, 1.54) is 35.2 Å². The molecule has 1 aliphatic carbocycles. The highest BCUT2D eigenvalue weighted by Crippen LogP contribution is 2.44. The summed E-state index contributed by atoms with van der Waals surface area (Å²) in [4.78, 5) is 6.05. The van der Waals surface area contributed by atoms with E-state index in [1.54, 1.807) is 23.1 Å². The lowest BCUT2D eigenvalue weighted by Crippen LogP contribution is -2.07. The minimum absolute atomic E-state index is 0.747. The first-order chi connectivity index (χ1) is 12.8. The van der Waals surface area contributed by atoms with Crippen molar-refractivity contribution in [3.8, 4) is 11.1 Å². The Morgan fingerprint density at radius 1 is 1.08 bits per heavy atom. The predicted octanol–water partition coefficient (Wildman–Crippen LogP) is 5.56. The van der Waals surface area contributed by atoms with E-state index < -0.39 is 0 Å². The first-order valence-electron chi connectivity index (χ1n) is 8.53. The second kappa shape index (κ2) is 6.44. The van der Waals surface area contributed by atoms with Gasteiger partial charge in [0.25, 0.3) is 0 Å². The molecule has 0 saturated heterocycles. The molecule has 0 aliphatic heterocycles. The van der Waals surface area contributed by atoms with Gasteiger partial charge in [-0.3, -0.25) is 0 Å². The molecule has 4 nitrogen and oxygen atoms in total. The van der Waals surface area contributed by atoms with Gasteiger partial charge in [0.05, 0.1) is 4.70 Å². The van der Waals surface area contributed by atoms with Crippen LogP contribution in [-0.2, 0) is 12.8 Å². The number of thioether (sulfide) groups is 1. The first-order valence-corrected chi connectivity index (χ1v) is 11.0. The molecule has 26 heavy (non-hydrogen) atoms. The van der Waals surface area contributed by atoms with E-state index in [-0.39, 0.29) is 0 Å². The molecule has 0 fully saturated rings. The Kier molecular flexibility index (Phi) is 4.07. The third-order valence-electron chi connectivity index (χ3n) is 4.89. The maximum atomic E-state index is 6.13. The molecule has 3 aromatic heterocycles. The average molecular weight is 399 g/mol. The van der Waals surface area contributed by atoms with Gasteiger partial charge in [-0.2, -0.15) is 0 Å². The van der Waals surface area contributed by atoms with Crippen molar-refractivity contribution in [2.45, 2.75) is 30.7 Å². The topological polar surface area (TPSA) is 51.6 Å². The van der Waals surface area contributed by atoms with Gasteiger partial charge < -0.3 is 0 Å². The Bertz CT molecular complexity index is 1140. The van der Waals surface area contributed by atoms with E-state index in [0.717, 1.165) is 43.3 Å². The van der Waals surface area contributed by atoms with Crippen LogP contribution in [0.4, 0.5) is 0 Å². The average Bonchev–Trinajstić information content (AvgIpc) is 3.05. The summed E-state index contributed by atoms with van der Waals surface area (Å²) in [5.74, 6) is 0. The molecule has 1 aliphatic rings. The monoisotopic (exact) mass is 398 g/mol. The molecular weight excluding hydrogens is 384 g/mol. The van der Waals surface area contributed by atoms with E-state index >= 15 is 0 Å². The van der Waals surface area contributed by atoms with Gasteiger partial charge in [0.1, 0.15) is 15.4 Å². The molecule has 0 unspecified atom stereocenters. The lowest BCUT2D eigenvalue weighted by Gasteiger charge is -2.19. The Balaban J connectivity index is 1.94. The van der Waals surface area contributed by atoms with Gasteiger partial charge in [-0.1, -0.05) is 23.7 Å². The third kappa shape index (κ3) is 2.51. The quantitative estimate of drug-likeness (QED) is 0.414. The lowest BCUT2D eigenvalue weighted by atomic mass is 9.87. The molecule has 0 amide bonds. The van der Waals surface area contributed by atoms with Crippen molar-refractivity contribution < 1.29 is 0 Å². The zero-order chi connectivity index (χ0) is 17.7. The Morgan fingerprint density at radius 2 is 1.88 bits per heavy atom. The standard InChI is InChI=1S/C19H15ClN4S2/c1-25-19-17-16(22-24-23-19)15-14(10-6-8-11(20)9-7-10)12-4-2-3-5-13(12)21-18(15)26-17/h6-9H,2-5H2,1H3. The summed E-state index contributed by atoms with van der Waals surface area (Å²) in [5.41, 5.74) is 5.92. The fourth-order valence-corrected chi connectivity index (χ4v) is 5.65. The normalized spacial score (nSPS) is 14.1. The zero-order valence-electron chi connectivity index (χ0n) is 14.1. The Labute approximate surface area is 164 Å². The second-order valence-corrected chi connectivity index (χ2v) is 8.62. The van der Waals surface area contributed by atoms with Crippen molar-refractivity contribution in [2.24, 2.45) is 0 Å². The van der Waals surface area contributed by atoms with E-state index in [2.05, 4.69) is 27.5 Å². The summed E-state index contributed by atoms with van der Waals surface area (Å²) < 4.78 is 1.08. The molecule has 7 heteroatoms. The molecule has 4 aromatic rings. The number of thiophene rings is 1. The third-order valence-corrected chi connectivity index (χ3v) is 7.03. The Hall–Kier alpha value is -1.76. The number of halogens is 1. The van der Waals surface area contributed by atoms with Crippen molar-refractivity contribution in [1.82, 2.24) is 20.4 Å². The van der Waals surface area contributed by atoms with E-state index in [4.69, 9.17) is 16.6 Å². The van der Waals surface area contributed by atoms with Gasteiger partial charge in [0.15, 0.2) is 0 Å². The van der Waals surface area contributed by atoms with E-state index in [9.17, 15) is 0 Å². The van der Waals surface area contributed by atoms with Crippen LogP contribution in [0.1, 0.15) is 24.1 Å². The molecule has 0 N–H and O–H groups in total. The molecule has 0 bridgehead atoms. The summed E-state index contributed by atoms with van der Waals surface area (Å²) in [7, 11) is 0. The minimum Gasteiger partial charge on any atom is -0.242 e. The molecule has 0 saturated carbocycles. The number of rotatable bonds is 2. The van der Waals surface area contributed by atoms with Gasteiger partial charge in [-0.25, -0.2) is 4.98 Å². The molecule has 1 aromatic carbocycles. The molecule has 5 rings (SSSR count). The highest BCUT2D eigenvalue weighted by molar-refractivity contribution is 7.98. The van der Waals surface area contributed by atoms with Crippen LogP contribution >= 0.6 is 34.7 Å². The fraction of sp³-hybridized carbons (Fsp3) is 0.263. The van der Waals surface area contributed by atoms with Crippen LogP contribution in [0.5, 0.6) is 0 Å². The van der Waals surface area contributed by atoms with Crippen LogP contribution in [-0.4, -0.2) is 26.7 Å². The van der Waals surface area contributed by atoms with Gasteiger partial charge in [-0.05, 0) is 66.0 Å². The Morgan fingerprint density at radius 3 is 2.69 bits per heavy atom. The van der Waals surface area contributed by atoms with Crippen LogP contribution in [0.2, 0.25) is 5.02 Å².